The summed E-state index contributed by atoms with van der Waals surface area (Å²) in [5.41, 5.74) is 4.40. The van der Waals surface area contributed by atoms with Gasteiger partial charge >= 0.3 is 0 Å². The molecule has 4 rings (SSSR count). The number of ether oxygens (including phenoxy) is 1. The summed E-state index contributed by atoms with van der Waals surface area (Å²) in [4.78, 5) is 12.9. The van der Waals surface area contributed by atoms with E-state index in [1.54, 1.807) is 7.11 Å². The maximum absolute atomic E-state index is 12.2. The highest BCUT2D eigenvalue weighted by Crippen LogP contribution is 2.32. The van der Waals surface area contributed by atoms with Gasteiger partial charge in [0.1, 0.15) is 10.1 Å². The van der Waals surface area contributed by atoms with Gasteiger partial charge in [-0.3, -0.25) is 10.1 Å². The fourth-order valence-corrected chi connectivity index (χ4v) is 4.75. The van der Waals surface area contributed by atoms with Crippen LogP contribution in [0.1, 0.15) is 41.3 Å². The van der Waals surface area contributed by atoms with Crippen molar-refractivity contribution in [2.24, 2.45) is 0 Å². The highest BCUT2D eigenvalue weighted by Gasteiger charge is 2.24. The summed E-state index contributed by atoms with van der Waals surface area (Å²) in [6.07, 6.45) is 1.92. The van der Waals surface area contributed by atoms with Gasteiger partial charge in [-0.2, -0.15) is 0 Å². The average Bonchev–Trinajstić information content (AvgIpc) is 3.14. The lowest BCUT2D eigenvalue weighted by atomic mass is 9.92. The predicted molar refractivity (Wildman–Crippen MR) is 136 cm³/mol. The van der Waals surface area contributed by atoms with Gasteiger partial charge in [0.2, 0.25) is 0 Å². The van der Waals surface area contributed by atoms with E-state index in [9.17, 15) is 4.79 Å². The van der Waals surface area contributed by atoms with Crippen molar-refractivity contribution in [1.82, 2.24) is 10.6 Å². The van der Waals surface area contributed by atoms with Crippen molar-refractivity contribution < 1.29 is 9.53 Å². The summed E-state index contributed by atoms with van der Waals surface area (Å²) in [7, 11) is 1.67. The third kappa shape index (κ3) is 5.10. The van der Waals surface area contributed by atoms with E-state index in [-0.39, 0.29) is 18.0 Å². The number of thiocarbonyl (C=S) groups is 1. The van der Waals surface area contributed by atoms with Crippen LogP contribution in [0.25, 0.3) is 6.08 Å². The van der Waals surface area contributed by atoms with E-state index in [1.807, 2.05) is 54.6 Å². The number of thioether (sulfide) groups is 1. The number of nitrogens with one attached hydrogen (secondary N) is 2. The molecule has 162 valence electrons. The van der Waals surface area contributed by atoms with Crippen LogP contribution in [0.4, 0.5) is 0 Å². The minimum absolute atomic E-state index is 0.0669. The van der Waals surface area contributed by atoms with E-state index in [1.165, 1.54) is 17.3 Å². The quantitative estimate of drug-likeness (QED) is 0.354. The topological polar surface area (TPSA) is 50.4 Å². The van der Waals surface area contributed by atoms with Crippen LogP contribution in [0.3, 0.4) is 0 Å². The lowest BCUT2D eigenvalue weighted by Gasteiger charge is -2.26. The first-order chi connectivity index (χ1) is 15.5. The van der Waals surface area contributed by atoms with Crippen LogP contribution in [-0.4, -0.2) is 17.3 Å². The molecular weight excluding hydrogens is 436 g/mol. The number of hydrogen-bond donors (Lipinski definition) is 2. The molecule has 1 heterocycles. The number of rotatable bonds is 7. The lowest BCUT2D eigenvalue weighted by Crippen LogP contribution is -2.26. The first kappa shape index (κ1) is 22.3. The first-order valence-electron chi connectivity index (χ1n) is 10.3. The number of carbonyl (C=O) groups is 1. The first-order valence-corrected chi connectivity index (χ1v) is 11.6. The predicted octanol–water partition coefficient (Wildman–Crippen LogP) is 5.62. The molecule has 3 aromatic carbocycles. The zero-order valence-electron chi connectivity index (χ0n) is 17.9. The third-order valence-electron chi connectivity index (χ3n) is 5.40. The highest BCUT2D eigenvalue weighted by molar-refractivity contribution is 8.26. The molecule has 0 spiro atoms. The molecule has 2 atom stereocenters. The van der Waals surface area contributed by atoms with Crippen LogP contribution in [0, 0.1) is 0 Å². The SMILES string of the molecule is COc1ccc(C(C)NC(c2ccccc2)c2ccccc2/C=C2/SC(=S)NC2=O)cc1. The Balaban J connectivity index is 1.71. The lowest BCUT2D eigenvalue weighted by molar-refractivity contribution is -0.115. The van der Waals surface area contributed by atoms with Gasteiger partial charge in [0.15, 0.2) is 0 Å². The van der Waals surface area contributed by atoms with Crippen molar-refractivity contribution in [2.45, 2.75) is 19.0 Å². The summed E-state index contributed by atoms with van der Waals surface area (Å²) < 4.78 is 5.78. The van der Waals surface area contributed by atoms with Crippen LogP contribution in [0.5, 0.6) is 5.75 Å². The second kappa shape index (κ2) is 10.1. The average molecular weight is 461 g/mol. The molecule has 2 unspecified atom stereocenters. The van der Waals surface area contributed by atoms with Gasteiger partial charge in [0.05, 0.1) is 18.1 Å². The normalized spacial score (nSPS) is 16.6. The molecule has 4 nitrogen and oxygen atoms in total. The van der Waals surface area contributed by atoms with Crippen LogP contribution in [-0.2, 0) is 4.79 Å². The standard InChI is InChI=1S/C26H24N2O2S2/c1-17(18-12-14-21(30-2)15-13-18)27-24(19-8-4-3-5-9-19)22-11-7-6-10-20(22)16-23-25(29)28-26(31)32-23/h3-17,24,27H,1-2H3,(H,28,29,31)/b23-16+. The molecule has 1 aliphatic rings. The Morgan fingerprint density at radius 1 is 0.969 bits per heavy atom. The number of carbonyl (C=O) groups excluding carboxylic acids is 1. The summed E-state index contributed by atoms with van der Waals surface area (Å²) >= 11 is 6.45. The summed E-state index contributed by atoms with van der Waals surface area (Å²) in [6.45, 7) is 2.15. The molecule has 3 aromatic rings. The Bertz CT molecular complexity index is 1140. The molecule has 0 radical (unpaired) electrons. The highest BCUT2D eigenvalue weighted by atomic mass is 32.2. The van der Waals surface area contributed by atoms with Crippen molar-refractivity contribution in [1.29, 1.82) is 0 Å². The van der Waals surface area contributed by atoms with Crippen LogP contribution in [0.2, 0.25) is 0 Å². The Hall–Kier alpha value is -2.93. The van der Waals surface area contributed by atoms with Crippen molar-refractivity contribution >= 4 is 40.3 Å². The molecule has 32 heavy (non-hydrogen) atoms. The summed E-state index contributed by atoms with van der Waals surface area (Å²) in [5, 5.41) is 6.48. The van der Waals surface area contributed by atoms with E-state index >= 15 is 0 Å². The molecule has 6 heteroatoms. The zero-order valence-corrected chi connectivity index (χ0v) is 19.5. The Kier molecular flexibility index (Phi) is 7.05. The van der Waals surface area contributed by atoms with E-state index in [0.29, 0.717) is 9.23 Å². The number of benzene rings is 3. The monoisotopic (exact) mass is 460 g/mol. The minimum Gasteiger partial charge on any atom is -0.497 e. The van der Waals surface area contributed by atoms with Crippen molar-refractivity contribution in [3.05, 3.63) is 106 Å². The van der Waals surface area contributed by atoms with Crippen LogP contribution >= 0.6 is 24.0 Å². The van der Waals surface area contributed by atoms with Gasteiger partial charge in [-0.25, -0.2) is 0 Å². The molecule has 2 N–H and O–H groups in total. The molecule has 1 aliphatic heterocycles. The van der Waals surface area contributed by atoms with E-state index in [0.717, 1.165) is 22.4 Å². The molecule has 1 saturated heterocycles. The molecule has 1 amide bonds. The molecule has 0 bridgehead atoms. The smallest absolute Gasteiger partial charge is 0.263 e. The molecule has 0 saturated carbocycles. The largest absolute Gasteiger partial charge is 0.497 e. The molecule has 1 fully saturated rings. The second-order valence-corrected chi connectivity index (χ2v) is 9.21. The van der Waals surface area contributed by atoms with E-state index < -0.39 is 0 Å². The van der Waals surface area contributed by atoms with Gasteiger partial charge in [-0.1, -0.05) is 90.7 Å². The van der Waals surface area contributed by atoms with Gasteiger partial charge in [-0.15, -0.1) is 0 Å². The zero-order chi connectivity index (χ0) is 22.5. The molecule has 0 aromatic heterocycles. The van der Waals surface area contributed by atoms with Crippen molar-refractivity contribution in [3.8, 4) is 5.75 Å². The Labute approximate surface area is 198 Å². The van der Waals surface area contributed by atoms with E-state index in [2.05, 4.69) is 47.9 Å². The van der Waals surface area contributed by atoms with Crippen LogP contribution in [0.15, 0.2) is 83.8 Å². The summed E-state index contributed by atoms with van der Waals surface area (Å²) in [6, 6.07) is 26.6. The maximum Gasteiger partial charge on any atom is 0.263 e. The maximum atomic E-state index is 12.2. The number of amides is 1. The van der Waals surface area contributed by atoms with Gasteiger partial charge in [0.25, 0.3) is 5.91 Å². The Morgan fingerprint density at radius 2 is 1.66 bits per heavy atom. The second-order valence-electron chi connectivity index (χ2n) is 7.49. The number of hydrogen-bond acceptors (Lipinski definition) is 5. The van der Waals surface area contributed by atoms with Crippen molar-refractivity contribution in [3.63, 3.8) is 0 Å². The molecular formula is C26H24N2O2S2. The van der Waals surface area contributed by atoms with Gasteiger partial charge in [-0.05, 0) is 47.4 Å². The number of methoxy groups -OCH3 is 1. The van der Waals surface area contributed by atoms with Gasteiger partial charge < -0.3 is 10.1 Å². The van der Waals surface area contributed by atoms with Gasteiger partial charge in [0, 0.05) is 6.04 Å². The van der Waals surface area contributed by atoms with Crippen molar-refractivity contribution in [2.75, 3.05) is 7.11 Å². The van der Waals surface area contributed by atoms with E-state index in [4.69, 9.17) is 17.0 Å². The summed E-state index contributed by atoms with van der Waals surface area (Å²) in [5.74, 6) is 0.688. The van der Waals surface area contributed by atoms with Crippen LogP contribution < -0.4 is 15.4 Å². The fraction of sp³-hybridized carbons (Fsp3) is 0.154. The minimum atomic E-state index is -0.148. The fourth-order valence-electron chi connectivity index (χ4n) is 3.72. The third-order valence-corrected chi connectivity index (χ3v) is 6.56. The molecule has 0 aliphatic carbocycles. The Morgan fingerprint density at radius 3 is 2.31 bits per heavy atom.